The van der Waals surface area contributed by atoms with E-state index in [1.54, 1.807) is 0 Å². The van der Waals surface area contributed by atoms with Crippen molar-refractivity contribution >= 4 is 11.8 Å². The molecule has 2 amide bonds. The molecule has 1 unspecified atom stereocenters. The van der Waals surface area contributed by atoms with E-state index in [2.05, 4.69) is 0 Å². The van der Waals surface area contributed by atoms with Crippen LogP contribution in [0, 0.1) is 0 Å². The molecule has 16 heavy (non-hydrogen) atoms. The highest BCUT2D eigenvalue weighted by Crippen LogP contribution is 2.08. The molecule has 5 nitrogen and oxygen atoms in total. The first-order chi connectivity index (χ1) is 7.56. The third kappa shape index (κ3) is 3.20. The van der Waals surface area contributed by atoms with Gasteiger partial charge in [0.15, 0.2) is 0 Å². The maximum Gasteiger partial charge on any atom is 0.234 e. The number of piperazine rings is 1. The van der Waals surface area contributed by atoms with Crippen LogP contribution in [-0.2, 0) is 9.59 Å². The van der Waals surface area contributed by atoms with Gasteiger partial charge in [0, 0.05) is 32.6 Å². The molecule has 0 bridgehead atoms. The molecule has 0 aromatic heterocycles. The van der Waals surface area contributed by atoms with Crippen molar-refractivity contribution in [3.63, 3.8) is 0 Å². The van der Waals surface area contributed by atoms with Gasteiger partial charge < -0.3 is 10.6 Å². The van der Waals surface area contributed by atoms with Gasteiger partial charge in [0.05, 0.1) is 6.04 Å². The molecule has 1 saturated heterocycles. The van der Waals surface area contributed by atoms with Crippen LogP contribution < -0.4 is 5.73 Å². The first-order valence-electron chi connectivity index (χ1n) is 5.87. The summed E-state index contributed by atoms with van der Waals surface area (Å²) in [6.45, 7) is 6.70. The minimum Gasteiger partial charge on any atom is -0.368 e. The number of carbonyl (C=O) groups is 2. The first kappa shape index (κ1) is 13.0. The van der Waals surface area contributed by atoms with E-state index in [-0.39, 0.29) is 17.9 Å². The Morgan fingerprint density at radius 3 is 2.25 bits per heavy atom. The smallest absolute Gasteiger partial charge is 0.234 e. The molecule has 1 aliphatic rings. The van der Waals surface area contributed by atoms with Crippen LogP contribution >= 0.6 is 0 Å². The lowest BCUT2D eigenvalue weighted by atomic mass is 10.2. The summed E-state index contributed by atoms with van der Waals surface area (Å²) in [5, 5.41) is 0. The Bertz CT molecular complexity index is 260. The van der Waals surface area contributed by atoms with Gasteiger partial charge in [-0.3, -0.25) is 14.5 Å². The number of amides is 2. The topological polar surface area (TPSA) is 66.6 Å². The van der Waals surface area contributed by atoms with Crippen molar-refractivity contribution < 1.29 is 9.59 Å². The van der Waals surface area contributed by atoms with Crippen molar-refractivity contribution in [1.29, 1.82) is 0 Å². The van der Waals surface area contributed by atoms with Crippen molar-refractivity contribution in [2.24, 2.45) is 5.73 Å². The predicted octanol–water partition coefficient (Wildman–Crippen LogP) is -0.195. The summed E-state index contributed by atoms with van der Waals surface area (Å²) in [6.07, 6.45) is 1.50. The molecule has 2 N–H and O–H groups in total. The van der Waals surface area contributed by atoms with E-state index in [0.29, 0.717) is 19.5 Å². The standard InChI is InChI=1S/C11H21N3O2/c1-3-4-10(15)14-7-5-13(6-8-14)9(2)11(12)16/h9H,3-8H2,1-2H3,(H2,12,16). The summed E-state index contributed by atoms with van der Waals surface area (Å²) in [4.78, 5) is 26.5. The highest BCUT2D eigenvalue weighted by atomic mass is 16.2. The first-order valence-corrected chi connectivity index (χ1v) is 5.87. The second-order valence-corrected chi connectivity index (χ2v) is 4.25. The van der Waals surface area contributed by atoms with E-state index in [1.165, 1.54) is 0 Å². The van der Waals surface area contributed by atoms with Crippen LogP contribution in [0.2, 0.25) is 0 Å². The summed E-state index contributed by atoms with van der Waals surface area (Å²) in [5.74, 6) is -0.0813. The third-order valence-electron chi connectivity index (χ3n) is 3.09. The van der Waals surface area contributed by atoms with Gasteiger partial charge in [-0.1, -0.05) is 6.92 Å². The van der Waals surface area contributed by atoms with Gasteiger partial charge in [0.1, 0.15) is 0 Å². The summed E-state index contributed by atoms with van der Waals surface area (Å²) >= 11 is 0. The Morgan fingerprint density at radius 1 is 1.25 bits per heavy atom. The van der Waals surface area contributed by atoms with Crippen LogP contribution in [0.25, 0.3) is 0 Å². The van der Waals surface area contributed by atoms with Crippen molar-refractivity contribution in [3.8, 4) is 0 Å². The zero-order valence-electron chi connectivity index (χ0n) is 10.1. The van der Waals surface area contributed by atoms with E-state index in [4.69, 9.17) is 5.73 Å². The summed E-state index contributed by atoms with van der Waals surface area (Å²) in [7, 11) is 0. The normalized spacial score (nSPS) is 19.5. The molecule has 1 heterocycles. The van der Waals surface area contributed by atoms with Crippen LogP contribution in [0.15, 0.2) is 0 Å². The summed E-state index contributed by atoms with van der Waals surface area (Å²) in [5.41, 5.74) is 5.25. The SMILES string of the molecule is CCCC(=O)N1CCN(C(C)C(N)=O)CC1. The quantitative estimate of drug-likeness (QED) is 0.723. The fourth-order valence-electron chi connectivity index (χ4n) is 1.91. The van der Waals surface area contributed by atoms with E-state index in [9.17, 15) is 9.59 Å². The maximum absolute atomic E-state index is 11.6. The van der Waals surface area contributed by atoms with Gasteiger partial charge in [-0.15, -0.1) is 0 Å². The monoisotopic (exact) mass is 227 g/mol. The average molecular weight is 227 g/mol. The molecule has 1 fully saturated rings. The number of carbonyl (C=O) groups excluding carboxylic acids is 2. The molecule has 0 radical (unpaired) electrons. The number of hydrogen-bond acceptors (Lipinski definition) is 3. The fourth-order valence-corrected chi connectivity index (χ4v) is 1.91. The Labute approximate surface area is 96.6 Å². The number of nitrogens with two attached hydrogens (primary N) is 1. The van der Waals surface area contributed by atoms with Gasteiger partial charge >= 0.3 is 0 Å². The zero-order chi connectivity index (χ0) is 12.1. The van der Waals surface area contributed by atoms with Crippen LogP contribution in [0.4, 0.5) is 0 Å². The highest BCUT2D eigenvalue weighted by molar-refractivity contribution is 5.79. The molecule has 1 aliphatic heterocycles. The molecule has 0 spiro atoms. The molecule has 92 valence electrons. The van der Waals surface area contributed by atoms with E-state index < -0.39 is 0 Å². The van der Waals surface area contributed by atoms with Gasteiger partial charge in [-0.2, -0.15) is 0 Å². The molecule has 0 aromatic rings. The summed E-state index contributed by atoms with van der Waals surface area (Å²) < 4.78 is 0. The number of primary amides is 1. The van der Waals surface area contributed by atoms with Gasteiger partial charge in [0.2, 0.25) is 11.8 Å². The van der Waals surface area contributed by atoms with E-state index in [0.717, 1.165) is 19.5 Å². The summed E-state index contributed by atoms with van der Waals surface area (Å²) in [6, 6.07) is -0.233. The Morgan fingerprint density at radius 2 is 1.81 bits per heavy atom. The lowest BCUT2D eigenvalue weighted by molar-refractivity contribution is -0.133. The Kier molecular flexibility index (Phi) is 4.73. The number of hydrogen-bond donors (Lipinski definition) is 1. The Balaban J connectivity index is 2.39. The van der Waals surface area contributed by atoms with Crippen molar-refractivity contribution in [2.75, 3.05) is 26.2 Å². The lowest BCUT2D eigenvalue weighted by Gasteiger charge is -2.36. The molecular weight excluding hydrogens is 206 g/mol. The minimum atomic E-state index is -0.298. The molecule has 0 aliphatic carbocycles. The minimum absolute atomic E-state index is 0.217. The van der Waals surface area contributed by atoms with Crippen molar-refractivity contribution in [1.82, 2.24) is 9.80 Å². The lowest BCUT2D eigenvalue weighted by Crippen LogP contribution is -2.54. The number of nitrogens with zero attached hydrogens (tertiary/aromatic N) is 2. The van der Waals surface area contributed by atoms with E-state index >= 15 is 0 Å². The van der Waals surface area contributed by atoms with Crippen LogP contribution in [0.3, 0.4) is 0 Å². The average Bonchev–Trinajstić information content (AvgIpc) is 2.28. The zero-order valence-corrected chi connectivity index (χ0v) is 10.1. The van der Waals surface area contributed by atoms with E-state index in [1.807, 2.05) is 23.6 Å². The van der Waals surface area contributed by atoms with Crippen molar-refractivity contribution in [2.45, 2.75) is 32.7 Å². The molecule has 0 aromatic carbocycles. The molecule has 1 rings (SSSR count). The van der Waals surface area contributed by atoms with Gasteiger partial charge in [-0.05, 0) is 13.3 Å². The van der Waals surface area contributed by atoms with Crippen molar-refractivity contribution in [3.05, 3.63) is 0 Å². The Hall–Kier alpha value is -1.10. The second kappa shape index (κ2) is 5.84. The van der Waals surface area contributed by atoms with Crippen LogP contribution in [-0.4, -0.2) is 53.8 Å². The van der Waals surface area contributed by atoms with Gasteiger partial charge in [0.25, 0.3) is 0 Å². The van der Waals surface area contributed by atoms with Gasteiger partial charge in [-0.25, -0.2) is 0 Å². The number of rotatable bonds is 4. The largest absolute Gasteiger partial charge is 0.368 e. The third-order valence-corrected chi connectivity index (χ3v) is 3.09. The second-order valence-electron chi connectivity index (χ2n) is 4.25. The van der Waals surface area contributed by atoms with Crippen LogP contribution in [0.1, 0.15) is 26.7 Å². The molecular formula is C11H21N3O2. The molecule has 1 atom stereocenters. The predicted molar refractivity (Wildman–Crippen MR) is 61.7 cm³/mol. The molecule has 0 saturated carbocycles. The molecule has 5 heteroatoms. The van der Waals surface area contributed by atoms with Crippen LogP contribution in [0.5, 0.6) is 0 Å². The highest BCUT2D eigenvalue weighted by Gasteiger charge is 2.25. The maximum atomic E-state index is 11.6. The fraction of sp³-hybridized carbons (Fsp3) is 0.818.